The van der Waals surface area contributed by atoms with Crippen LogP contribution < -0.4 is 4.90 Å². The van der Waals surface area contributed by atoms with Gasteiger partial charge in [-0.2, -0.15) is 5.26 Å². The lowest BCUT2D eigenvalue weighted by Crippen LogP contribution is -2.37. The van der Waals surface area contributed by atoms with Crippen molar-refractivity contribution in [1.29, 1.82) is 5.26 Å². The van der Waals surface area contributed by atoms with E-state index in [0.717, 1.165) is 23.5 Å². The van der Waals surface area contributed by atoms with Gasteiger partial charge in [-0.15, -0.1) is 5.10 Å². The van der Waals surface area contributed by atoms with Crippen LogP contribution in [0.1, 0.15) is 31.7 Å². The van der Waals surface area contributed by atoms with Crippen molar-refractivity contribution >= 4 is 23.4 Å². The fraction of sp³-hybridized carbons (Fsp3) is 0.412. The maximum absolute atomic E-state index is 12.8. The minimum Gasteiger partial charge on any atom is -0.310 e. The highest BCUT2D eigenvalue weighted by Crippen LogP contribution is 2.24. The molecule has 1 atom stereocenters. The summed E-state index contributed by atoms with van der Waals surface area (Å²) < 4.78 is 0. The second kappa shape index (κ2) is 8.50. The van der Waals surface area contributed by atoms with Crippen molar-refractivity contribution in [3.8, 4) is 6.07 Å². The van der Waals surface area contributed by atoms with Gasteiger partial charge in [0.2, 0.25) is 11.1 Å². The Morgan fingerprint density at radius 1 is 1.42 bits per heavy atom. The van der Waals surface area contributed by atoms with Crippen LogP contribution in [0, 0.1) is 18.3 Å². The molecule has 1 N–H and O–H groups in total. The molecule has 1 aromatic carbocycles. The Balaban J connectivity index is 2.13. The molecular weight excluding hydrogens is 322 g/mol. The average molecular weight is 343 g/mol. The number of carbonyl (C=O) groups excluding carboxylic acids is 1. The smallest absolute Gasteiger partial charge is 0.240 e. The number of aromatic amines is 1. The molecule has 2 aromatic rings. The van der Waals surface area contributed by atoms with Crippen molar-refractivity contribution in [2.75, 3.05) is 11.4 Å². The van der Waals surface area contributed by atoms with E-state index in [1.54, 1.807) is 4.90 Å². The Hall–Kier alpha value is -2.33. The van der Waals surface area contributed by atoms with Crippen molar-refractivity contribution in [1.82, 2.24) is 15.2 Å². The zero-order valence-electron chi connectivity index (χ0n) is 14.1. The summed E-state index contributed by atoms with van der Waals surface area (Å²) in [5.74, 6) is 0.749. The summed E-state index contributed by atoms with van der Waals surface area (Å²) >= 11 is 1.32. The Morgan fingerprint density at radius 3 is 2.71 bits per heavy atom. The van der Waals surface area contributed by atoms with E-state index in [-0.39, 0.29) is 17.6 Å². The molecule has 7 heteroatoms. The van der Waals surface area contributed by atoms with Crippen LogP contribution in [-0.2, 0) is 11.2 Å². The van der Waals surface area contributed by atoms with Gasteiger partial charge in [-0.1, -0.05) is 36.4 Å². The number of aryl methyl sites for hydroxylation is 2. The summed E-state index contributed by atoms with van der Waals surface area (Å²) in [6.07, 6.45) is 1.06. The van der Waals surface area contributed by atoms with Gasteiger partial charge in [0.1, 0.15) is 5.82 Å². The van der Waals surface area contributed by atoms with E-state index in [2.05, 4.69) is 21.3 Å². The number of rotatable bonds is 7. The molecule has 0 radical (unpaired) electrons. The molecule has 24 heavy (non-hydrogen) atoms. The number of H-pyrrole nitrogens is 1. The zero-order chi connectivity index (χ0) is 17.5. The highest BCUT2D eigenvalue weighted by molar-refractivity contribution is 8.00. The summed E-state index contributed by atoms with van der Waals surface area (Å²) in [6.45, 7) is 6.20. The van der Waals surface area contributed by atoms with Gasteiger partial charge in [0.25, 0.3) is 0 Å². The molecule has 0 aliphatic carbocycles. The van der Waals surface area contributed by atoms with Crippen LogP contribution in [0.3, 0.4) is 0 Å². The fourth-order valence-corrected chi connectivity index (χ4v) is 2.98. The van der Waals surface area contributed by atoms with E-state index in [0.29, 0.717) is 11.7 Å². The molecule has 0 bridgehead atoms. The number of carbonyl (C=O) groups is 1. The van der Waals surface area contributed by atoms with Crippen LogP contribution in [-0.4, -0.2) is 32.9 Å². The number of nitrogens with zero attached hydrogens (tertiary/aromatic N) is 4. The van der Waals surface area contributed by atoms with E-state index in [9.17, 15) is 4.79 Å². The molecule has 0 spiro atoms. The SMILES string of the molecule is CCc1nc(SC(C)C(=O)N(CCC#N)c2ccc(C)cc2)n[nH]1. The van der Waals surface area contributed by atoms with Crippen LogP contribution in [0.5, 0.6) is 0 Å². The highest BCUT2D eigenvalue weighted by atomic mass is 32.2. The van der Waals surface area contributed by atoms with Crippen LogP contribution in [0.15, 0.2) is 29.4 Å². The van der Waals surface area contributed by atoms with E-state index in [1.165, 1.54) is 11.8 Å². The highest BCUT2D eigenvalue weighted by Gasteiger charge is 2.24. The molecular formula is C17H21N5OS. The second-order valence-electron chi connectivity index (χ2n) is 5.41. The lowest BCUT2D eigenvalue weighted by atomic mass is 10.2. The lowest BCUT2D eigenvalue weighted by Gasteiger charge is -2.24. The molecule has 0 saturated carbocycles. The van der Waals surface area contributed by atoms with Gasteiger partial charge in [0.15, 0.2) is 0 Å². The van der Waals surface area contributed by atoms with Gasteiger partial charge in [-0.25, -0.2) is 4.98 Å². The number of hydrogen-bond donors (Lipinski definition) is 1. The molecule has 1 aromatic heterocycles. The quantitative estimate of drug-likeness (QED) is 0.781. The predicted molar refractivity (Wildman–Crippen MR) is 94.8 cm³/mol. The third-order valence-electron chi connectivity index (χ3n) is 3.53. The molecule has 2 rings (SSSR count). The van der Waals surface area contributed by atoms with Crippen LogP contribution in [0.2, 0.25) is 0 Å². The summed E-state index contributed by atoms with van der Waals surface area (Å²) in [7, 11) is 0. The van der Waals surface area contributed by atoms with Gasteiger partial charge < -0.3 is 4.90 Å². The van der Waals surface area contributed by atoms with Gasteiger partial charge in [0, 0.05) is 18.7 Å². The number of hydrogen-bond acceptors (Lipinski definition) is 5. The largest absolute Gasteiger partial charge is 0.310 e. The number of nitrogens with one attached hydrogen (secondary N) is 1. The molecule has 1 heterocycles. The number of benzene rings is 1. The van der Waals surface area contributed by atoms with Gasteiger partial charge in [0.05, 0.1) is 17.7 Å². The fourth-order valence-electron chi connectivity index (χ4n) is 2.17. The maximum Gasteiger partial charge on any atom is 0.240 e. The number of thioether (sulfide) groups is 1. The Kier molecular flexibility index (Phi) is 6.38. The first-order valence-corrected chi connectivity index (χ1v) is 8.76. The molecule has 126 valence electrons. The average Bonchev–Trinajstić information content (AvgIpc) is 3.04. The summed E-state index contributed by atoms with van der Waals surface area (Å²) in [5.41, 5.74) is 1.93. The number of nitriles is 1. The maximum atomic E-state index is 12.8. The van der Waals surface area contributed by atoms with Crippen molar-refractivity contribution in [3.63, 3.8) is 0 Å². The first-order valence-electron chi connectivity index (χ1n) is 7.88. The third-order valence-corrected chi connectivity index (χ3v) is 4.48. The minimum atomic E-state index is -0.342. The molecule has 1 amide bonds. The molecule has 0 fully saturated rings. The molecule has 6 nitrogen and oxygen atoms in total. The summed E-state index contributed by atoms with van der Waals surface area (Å²) in [5, 5.41) is 16.1. The molecule has 0 saturated heterocycles. The Bertz CT molecular complexity index is 719. The van der Waals surface area contributed by atoms with E-state index in [1.807, 2.05) is 45.0 Å². The first kappa shape index (κ1) is 18.0. The minimum absolute atomic E-state index is 0.0537. The van der Waals surface area contributed by atoms with Crippen molar-refractivity contribution < 1.29 is 4.79 Å². The Labute approximate surface area is 146 Å². The topological polar surface area (TPSA) is 85.7 Å². The standard InChI is InChI=1S/C17H21N5OS/c1-4-15-19-17(21-20-15)24-13(3)16(23)22(11-5-10-18)14-8-6-12(2)7-9-14/h6-9,13H,4-5,11H2,1-3H3,(H,19,20,21). The van der Waals surface area contributed by atoms with E-state index in [4.69, 9.17) is 5.26 Å². The predicted octanol–water partition coefficient (Wildman–Crippen LogP) is 3.10. The van der Waals surface area contributed by atoms with Crippen molar-refractivity contribution in [3.05, 3.63) is 35.7 Å². The van der Waals surface area contributed by atoms with E-state index < -0.39 is 0 Å². The van der Waals surface area contributed by atoms with Gasteiger partial charge in [-0.05, 0) is 26.0 Å². The van der Waals surface area contributed by atoms with Crippen LogP contribution in [0.25, 0.3) is 0 Å². The zero-order valence-corrected chi connectivity index (χ0v) is 14.9. The van der Waals surface area contributed by atoms with Gasteiger partial charge in [-0.3, -0.25) is 9.89 Å². The first-order chi connectivity index (χ1) is 11.5. The molecule has 0 aliphatic heterocycles. The van der Waals surface area contributed by atoms with Crippen LogP contribution in [0.4, 0.5) is 5.69 Å². The number of anilines is 1. The van der Waals surface area contributed by atoms with Crippen molar-refractivity contribution in [2.45, 2.75) is 44.0 Å². The Morgan fingerprint density at radius 2 is 2.12 bits per heavy atom. The monoisotopic (exact) mass is 343 g/mol. The summed E-state index contributed by atoms with van der Waals surface area (Å²) in [4.78, 5) is 18.8. The molecule has 1 unspecified atom stereocenters. The summed E-state index contributed by atoms with van der Waals surface area (Å²) in [6, 6.07) is 9.84. The molecule has 0 aliphatic rings. The third kappa shape index (κ3) is 4.59. The van der Waals surface area contributed by atoms with Gasteiger partial charge >= 0.3 is 0 Å². The normalized spacial score (nSPS) is 11.8. The number of aromatic nitrogens is 3. The van der Waals surface area contributed by atoms with Crippen molar-refractivity contribution in [2.24, 2.45) is 0 Å². The lowest BCUT2D eigenvalue weighted by molar-refractivity contribution is -0.117. The number of amides is 1. The second-order valence-corrected chi connectivity index (χ2v) is 6.72. The van der Waals surface area contributed by atoms with Crippen LogP contribution >= 0.6 is 11.8 Å². The van der Waals surface area contributed by atoms with E-state index >= 15 is 0 Å².